The molecule has 0 spiro atoms. The molecular weight excluding hydrogens is 407 g/mol. The summed E-state index contributed by atoms with van der Waals surface area (Å²) in [6, 6.07) is 12.2. The van der Waals surface area contributed by atoms with Gasteiger partial charge in [0.05, 0.1) is 11.1 Å². The lowest BCUT2D eigenvalue weighted by Gasteiger charge is -2.27. The number of aromatic nitrogens is 1. The number of rotatable bonds is 3. The second-order valence-electron chi connectivity index (χ2n) is 6.84. The van der Waals surface area contributed by atoms with Crippen LogP contribution in [0.3, 0.4) is 0 Å². The molecule has 0 atom stereocenters. The van der Waals surface area contributed by atoms with E-state index in [4.69, 9.17) is 11.6 Å². The van der Waals surface area contributed by atoms with Crippen molar-refractivity contribution in [2.75, 3.05) is 18.4 Å². The van der Waals surface area contributed by atoms with Crippen LogP contribution < -0.4 is 10.6 Å². The number of carbonyl (C=O) groups excluding carboxylic acids is 2. The number of hydrogen-bond acceptors (Lipinski definition) is 3. The summed E-state index contributed by atoms with van der Waals surface area (Å²) >= 11 is 5.84. The summed E-state index contributed by atoms with van der Waals surface area (Å²) in [4.78, 5) is 31.0. The Labute approximate surface area is 177 Å². The number of pyridine rings is 1. The van der Waals surface area contributed by atoms with E-state index < -0.39 is 5.82 Å². The number of nitrogens with zero attached hydrogens (tertiary/aromatic N) is 2. The molecular formula is C22H18ClFN4O2. The molecule has 1 aliphatic heterocycles. The fraction of sp³-hybridized carbons (Fsp3) is 0.136. The molecule has 0 saturated carbocycles. The van der Waals surface area contributed by atoms with Gasteiger partial charge < -0.3 is 15.5 Å². The van der Waals surface area contributed by atoms with Crippen molar-refractivity contribution in [3.8, 4) is 0 Å². The van der Waals surface area contributed by atoms with Crippen LogP contribution in [0.1, 0.15) is 16.8 Å². The fourth-order valence-corrected chi connectivity index (χ4v) is 3.41. The Hall–Kier alpha value is -3.45. The Balaban J connectivity index is 1.41. The normalized spacial score (nSPS) is 13.7. The van der Waals surface area contributed by atoms with E-state index >= 15 is 0 Å². The summed E-state index contributed by atoms with van der Waals surface area (Å²) in [6.07, 6.45) is 3.84. The van der Waals surface area contributed by atoms with E-state index in [1.54, 1.807) is 53.6 Å². The van der Waals surface area contributed by atoms with E-state index in [2.05, 4.69) is 15.6 Å². The highest BCUT2D eigenvalue weighted by atomic mass is 35.5. The second-order valence-corrected chi connectivity index (χ2v) is 7.27. The Morgan fingerprint density at radius 3 is 2.60 bits per heavy atom. The van der Waals surface area contributed by atoms with Gasteiger partial charge in [0.1, 0.15) is 5.82 Å². The third kappa shape index (κ3) is 4.41. The van der Waals surface area contributed by atoms with Gasteiger partial charge in [-0.25, -0.2) is 9.18 Å². The van der Waals surface area contributed by atoms with Gasteiger partial charge in [0.15, 0.2) is 0 Å². The van der Waals surface area contributed by atoms with Gasteiger partial charge in [-0.2, -0.15) is 0 Å². The van der Waals surface area contributed by atoms with Crippen molar-refractivity contribution in [2.45, 2.75) is 6.42 Å². The van der Waals surface area contributed by atoms with E-state index in [9.17, 15) is 14.0 Å². The predicted octanol–water partition coefficient (Wildman–Crippen LogP) is 4.58. The van der Waals surface area contributed by atoms with E-state index in [0.717, 1.165) is 5.70 Å². The molecule has 2 heterocycles. The van der Waals surface area contributed by atoms with Gasteiger partial charge in [0.2, 0.25) is 0 Å². The average molecular weight is 425 g/mol. The summed E-state index contributed by atoms with van der Waals surface area (Å²) in [6.45, 7) is 0.777. The van der Waals surface area contributed by atoms with Crippen LogP contribution in [0.4, 0.5) is 14.9 Å². The Morgan fingerprint density at radius 2 is 1.87 bits per heavy atom. The topological polar surface area (TPSA) is 74.3 Å². The monoisotopic (exact) mass is 424 g/mol. The Kier molecular flexibility index (Phi) is 5.63. The first-order valence-corrected chi connectivity index (χ1v) is 9.73. The van der Waals surface area contributed by atoms with E-state index in [0.29, 0.717) is 46.7 Å². The number of carbonyl (C=O) groups is 2. The highest BCUT2D eigenvalue weighted by Crippen LogP contribution is 2.21. The molecule has 3 aromatic rings. The third-order valence-electron chi connectivity index (χ3n) is 4.81. The zero-order chi connectivity index (χ0) is 21.1. The molecule has 152 valence electrons. The molecule has 0 saturated heterocycles. The van der Waals surface area contributed by atoms with Crippen molar-refractivity contribution in [1.82, 2.24) is 15.2 Å². The van der Waals surface area contributed by atoms with E-state index in [-0.39, 0.29) is 11.9 Å². The van der Waals surface area contributed by atoms with Crippen molar-refractivity contribution >= 4 is 40.1 Å². The van der Waals surface area contributed by atoms with Gasteiger partial charge in [-0.15, -0.1) is 0 Å². The molecule has 8 heteroatoms. The third-order valence-corrected chi connectivity index (χ3v) is 5.06. The minimum atomic E-state index is -0.415. The molecule has 4 rings (SSSR count). The quantitative estimate of drug-likeness (QED) is 0.646. The number of anilines is 1. The van der Waals surface area contributed by atoms with Gasteiger partial charge in [-0.1, -0.05) is 11.6 Å². The molecule has 0 unspecified atom stereocenters. The standard InChI is InChI=1S/C22H18ClFN4O2/c23-14-1-4-16(5-2-14)26-22(30)27-17-8-11-28(12-9-17)21(29)18-7-10-25-20-6-3-15(24)13-19(18)20/h1-8,10,13H,9,11-12H2,(H2,26,27,30). The largest absolute Gasteiger partial charge is 0.334 e. The van der Waals surface area contributed by atoms with Gasteiger partial charge in [-0.05, 0) is 54.6 Å². The van der Waals surface area contributed by atoms with Crippen LogP contribution in [-0.4, -0.2) is 34.9 Å². The average Bonchev–Trinajstić information content (AvgIpc) is 2.75. The summed E-state index contributed by atoms with van der Waals surface area (Å²) in [7, 11) is 0. The minimum Gasteiger partial charge on any atom is -0.334 e. The van der Waals surface area contributed by atoms with Crippen molar-refractivity contribution in [3.05, 3.63) is 82.9 Å². The second kappa shape index (κ2) is 8.51. The number of amides is 3. The van der Waals surface area contributed by atoms with Crippen molar-refractivity contribution < 1.29 is 14.0 Å². The highest BCUT2D eigenvalue weighted by Gasteiger charge is 2.21. The molecule has 0 radical (unpaired) electrons. The maximum Gasteiger partial charge on any atom is 0.323 e. The smallest absolute Gasteiger partial charge is 0.323 e. The van der Waals surface area contributed by atoms with Gasteiger partial charge in [0.25, 0.3) is 5.91 Å². The van der Waals surface area contributed by atoms with Gasteiger partial charge in [-0.3, -0.25) is 9.78 Å². The van der Waals surface area contributed by atoms with Crippen LogP contribution in [-0.2, 0) is 0 Å². The number of fused-ring (bicyclic) bond motifs is 1. The molecule has 1 aromatic heterocycles. The lowest BCUT2D eigenvalue weighted by molar-refractivity contribution is 0.0770. The molecule has 0 bridgehead atoms. The van der Waals surface area contributed by atoms with Crippen LogP contribution in [0.25, 0.3) is 10.9 Å². The van der Waals surface area contributed by atoms with Gasteiger partial charge >= 0.3 is 6.03 Å². The maximum absolute atomic E-state index is 13.7. The highest BCUT2D eigenvalue weighted by molar-refractivity contribution is 6.30. The van der Waals surface area contributed by atoms with Crippen LogP contribution >= 0.6 is 11.6 Å². The molecule has 6 nitrogen and oxygen atoms in total. The van der Waals surface area contributed by atoms with Gasteiger partial charge in [0, 0.05) is 47.5 Å². The first kappa shape index (κ1) is 19.8. The molecule has 30 heavy (non-hydrogen) atoms. The maximum atomic E-state index is 13.7. The molecule has 1 aliphatic rings. The predicted molar refractivity (Wildman–Crippen MR) is 114 cm³/mol. The zero-order valence-electron chi connectivity index (χ0n) is 15.9. The SMILES string of the molecule is O=C(NC1=CCN(C(=O)c2ccnc3ccc(F)cc23)CC1)Nc1ccc(Cl)cc1. The summed E-state index contributed by atoms with van der Waals surface area (Å²) < 4.78 is 13.7. The van der Waals surface area contributed by atoms with Crippen LogP contribution in [0.5, 0.6) is 0 Å². The van der Waals surface area contributed by atoms with Crippen LogP contribution in [0.2, 0.25) is 5.02 Å². The lowest BCUT2D eigenvalue weighted by atomic mass is 10.1. The van der Waals surface area contributed by atoms with Crippen molar-refractivity contribution in [2.24, 2.45) is 0 Å². The van der Waals surface area contributed by atoms with E-state index in [1.165, 1.54) is 12.1 Å². The molecule has 2 aromatic carbocycles. The number of urea groups is 1. The number of nitrogens with one attached hydrogen (secondary N) is 2. The summed E-state index contributed by atoms with van der Waals surface area (Å²) in [5.74, 6) is -0.616. The lowest BCUT2D eigenvalue weighted by Crippen LogP contribution is -2.38. The molecule has 0 aliphatic carbocycles. The first-order chi connectivity index (χ1) is 14.5. The molecule has 0 fully saturated rings. The Bertz CT molecular complexity index is 1150. The summed E-state index contributed by atoms with van der Waals surface area (Å²) in [5.41, 5.74) is 2.33. The number of benzene rings is 2. The fourth-order valence-electron chi connectivity index (χ4n) is 3.28. The Morgan fingerprint density at radius 1 is 1.07 bits per heavy atom. The first-order valence-electron chi connectivity index (χ1n) is 9.36. The zero-order valence-corrected chi connectivity index (χ0v) is 16.6. The van der Waals surface area contributed by atoms with Crippen molar-refractivity contribution in [1.29, 1.82) is 0 Å². The number of halogens is 2. The molecule has 3 amide bonds. The van der Waals surface area contributed by atoms with Crippen LogP contribution in [0.15, 0.2) is 66.5 Å². The minimum absolute atomic E-state index is 0.200. The summed E-state index contributed by atoms with van der Waals surface area (Å²) in [5, 5.41) is 6.60. The van der Waals surface area contributed by atoms with E-state index in [1.807, 2.05) is 0 Å². The van der Waals surface area contributed by atoms with Crippen LogP contribution in [0, 0.1) is 5.82 Å². The van der Waals surface area contributed by atoms with Crippen molar-refractivity contribution in [3.63, 3.8) is 0 Å². The molecule has 2 N–H and O–H groups in total. The number of hydrogen-bond donors (Lipinski definition) is 2.